The fourth-order valence-corrected chi connectivity index (χ4v) is 2.70. The highest BCUT2D eigenvalue weighted by molar-refractivity contribution is 5.81. The van der Waals surface area contributed by atoms with Crippen LogP contribution in [0.3, 0.4) is 0 Å². The van der Waals surface area contributed by atoms with E-state index in [0.29, 0.717) is 5.52 Å². The third-order valence-corrected chi connectivity index (χ3v) is 3.86. The zero-order valence-electron chi connectivity index (χ0n) is 12.7. The van der Waals surface area contributed by atoms with Crippen molar-refractivity contribution in [3.8, 4) is 11.4 Å². The van der Waals surface area contributed by atoms with Gasteiger partial charge in [-0.2, -0.15) is 0 Å². The first-order valence-corrected chi connectivity index (χ1v) is 7.70. The van der Waals surface area contributed by atoms with Gasteiger partial charge in [-0.25, -0.2) is 9.37 Å². The number of nitrogens with zero attached hydrogens (tertiary/aromatic N) is 2. The number of fused-ring (bicyclic) bond motifs is 1. The van der Waals surface area contributed by atoms with Crippen LogP contribution in [0, 0.1) is 5.82 Å². The number of aromatic nitrogens is 2. The van der Waals surface area contributed by atoms with Gasteiger partial charge in [0.1, 0.15) is 11.6 Å². The Morgan fingerprint density at radius 1 is 1.09 bits per heavy atom. The molecule has 0 aliphatic rings. The Balaban J connectivity index is 2.10. The van der Waals surface area contributed by atoms with Crippen molar-refractivity contribution in [2.45, 2.75) is 32.7 Å². The third-order valence-electron chi connectivity index (χ3n) is 3.86. The quantitative estimate of drug-likeness (QED) is 0.552. The molecule has 0 saturated heterocycles. The van der Waals surface area contributed by atoms with Gasteiger partial charge in [0.05, 0.1) is 11.0 Å². The predicted octanol–water partition coefficient (Wildman–Crippen LogP) is 4.61. The van der Waals surface area contributed by atoms with Gasteiger partial charge < -0.3 is 10.3 Å². The van der Waals surface area contributed by atoms with Crippen molar-refractivity contribution < 1.29 is 4.39 Å². The van der Waals surface area contributed by atoms with E-state index in [9.17, 15) is 4.39 Å². The minimum atomic E-state index is -0.255. The van der Waals surface area contributed by atoms with Gasteiger partial charge in [-0.05, 0) is 42.8 Å². The maximum atomic E-state index is 13.5. The van der Waals surface area contributed by atoms with Gasteiger partial charge >= 0.3 is 0 Å². The van der Waals surface area contributed by atoms with E-state index in [1.807, 2.05) is 30.3 Å². The Kier molecular flexibility index (Phi) is 4.09. The molecule has 3 nitrogen and oxygen atoms in total. The molecule has 0 spiro atoms. The average Bonchev–Trinajstić information content (AvgIpc) is 2.86. The summed E-state index contributed by atoms with van der Waals surface area (Å²) in [5, 5.41) is 0. The number of nitrogens with two attached hydrogens (primary N) is 1. The Labute approximate surface area is 129 Å². The van der Waals surface area contributed by atoms with Crippen molar-refractivity contribution >= 4 is 16.7 Å². The second-order valence-corrected chi connectivity index (χ2v) is 5.55. The van der Waals surface area contributed by atoms with Crippen LogP contribution in [0.15, 0.2) is 42.5 Å². The van der Waals surface area contributed by atoms with Gasteiger partial charge in [-0.1, -0.05) is 19.8 Å². The molecule has 2 aromatic carbocycles. The molecule has 1 heterocycles. The second-order valence-electron chi connectivity index (χ2n) is 5.55. The first-order chi connectivity index (χ1) is 10.7. The lowest BCUT2D eigenvalue weighted by Gasteiger charge is -2.09. The van der Waals surface area contributed by atoms with Crippen molar-refractivity contribution in [1.82, 2.24) is 9.55 Å². The molecule has 0 saturated carbocycles. The monoisotopic (exact) mass is 297 g/mol. The number of unbranched alkanes of at least 4 members (excludes halogenated alkanes) is 2. The molecule has 1 aromatic heterocycles. The van der Waals surface area contributed by atoms with Crippen LogP contribution < -0.4 is 5.73 Å². The highest BCUT2D eigenvalue weighted by Gasteiger charge is 2.13. The zero-order chi connectivity index (χ0) is 15.5. The van der Waals surface area contributed by atoms with Crippen LogP contribution in [0.4, 0.5) is 10.1 Å². The molecule has 22 heavy (non-hydrogen) atoms. The number of benzene rings is 2. The Hall–Kier alpha value is -2.36. The maximum absolute atomic E-state index is 13.5. The van der Waals surface area contributed by atoms with Crippen molar-refractivity contribution in [2.75, 3.05) is 5.73 Å². The second kappa shape index (κ2) is 6.18. The molecule has 3 rings (SSSR count). The van der Waals surface area contributed by atoms with E-state index in [1.54, 1.807) is 0 Å². The molecule has 4 heteroatoms. The zero-order valence-corrected chi connectivity index (χ0v) is 12.7. The minimum Gasteiger partial charge on any atom is -0.399 e. The van der Waals surface area contributed by atoms with Crippen LogP contribution in [0.1, 0.15) is 26.2 Å². The van der Waals surface area contributed by atoms with Gasteiger partial charge in [0, 0.05) is 23.9 Å². The summed E-state index contributed by atoms with van der Waals surface area (Å²) in [6.07, 6.45) is 3.42. The summed E-state index contributed by atoms with van der Waals surface area (Å²) in [7, 11) is 0. The normalized spacial score (nSPS) is 11.2. The van der Waals surface area contributed by atoms with E-state index >= 15 is 0 Å². The molecule has 0 aliphatic carbocycles. The molecular formula is C18H20FN3. The summed E-state index contributed by atoms with van der Waals surface area (Å²) < 4.78 is 15.7. The van der Waals surface area contributed by atoms with Crippen molar-refractivity contribution in [3.63, 3.8) is 0 Å². The van der Waals surface area contributed by atoms with E-state index in [1.165, 1.54) is 25.0 Å². The molecule has 0 fully saturated rings. The highest BCUT2D eigenvalue weighted by atomic mass is 19.1. The van der Waals surface area contributed by atoms with Crippen LogP contribution in [0.25, 0.3) is 22.4 Å². The van der Waals surface area contributed by atoms with Gasteiger partial charge in [0.2, 0.25) is 0 Å². The number of hydrogen-bond acceptors (Lipinski definition) is 2. The highest BCUT2D eigenvalue weighted by Crippen LogP contribution is 2.26. The van der Waals surface area contributed by atoms with E-state index in [-0.39, 0.29) is 5.82 Å². The van der Waals surface area contributed by atoms with Crippen molar-refractivity contribution in [3.05, 3.63) is 48.3 Å². The van der Waals surface area contributed by atoms with Gasteiger partial charge in [0.25, 0.3) is 0 Å². The van der Waals surface area contributed by atoms with Crippen LogP contribution in [0.5, 0.6) is 0 Å². The van der Waals surface area contributed by atoms with Crippen LogP contribution in [-0.4, -0.2) is 9.55 Å². The topological polar surface area (TPSA) is 43.8 Å². The summed E-state index contributed by atoms with van der Waals surface area (Å²) in [4.78, 5) is 4.63. The molecule has 0 bridgehead atoms. The number of nitrogen functional groups attached to an aromatic ring is 1. The standard InChI is InChI=1S/C18H20FN3/c1-2-3-4-11-22-17-10-7-14(19)12-16(17)21-18(22)13-5-8-15(20)9-6-13/h5-10,12H,2-4,11,20H2,1H3. The third kappa shape index (κ3) is 2.82. The number of aryl methyl sites for hydroxylation is 1. The Morgan fingerprint density at radius 3 is 2.59 bits per heavy atom. The molecule has 2 N–H and O–H groups in total. The first kappa shape index (κ1) is 14.6. The number of halogens is 1. The van der Waals surface area contributed by atoms with E-state index in [0.717, 1.165) is 35.6 Å². The Bertz CT molecular complexity index is 775. The fraction of sp³-hybridized carbons (Fsp3) is 0.278. The van der Waals surface area contributed by atoms with Gasteiger partial charge in [0.15, 0.2) is 0 Å². The SMILES string of the molecule is CCCCCn1c(-c2ccc(N)cc2)nc2cc(F)ccc21. The van der Waals surface area contributed by atoms with E-state index in [2.05, 4.69) is 16.5 Å². The lowest BCUT2D eigenvalue weighted by molar-refractivity contribution is 0.616. The molecule has 0 radical (unpaired) electrons. The maximum Gasteiger partial charge on any atom is 0.141 e. The summed E-state index contributed by atoms with van der Waals surface area (Å²) in [5.74, 6) is 0.617. The summed E-state index contributed by atoms with van der Waals surface area (Å²) in [6.45, 7) is 3.07. The molecule has 0 amide bonds. The lowest BCUT2D eigenvalue weighted by atomic mass is 10.2. The van der Waals surface area contributed by atoms with Gasteiger partial charge in [-0.3, -0.25) is 0 Å². The molecule has 0 aliphatic heterocycles. The van der Waals surface area contributed by atoms with Crippen molar-refractivity contribution in [1.29, 1.82) is 0 Å². The first-order valence-electron chi connectivity index (χ1n) is 7.70. The molecular weight excluding hydrogens is 277 g/mol. The largest absolute Gasteiger partial charge is 0.399 e. The molecule has 3 aromatic rings. The average molecular weight is 297 g/mol. The van der Waals surface area contributed by atoms with E-state index < -0.39 is 0 Å². The van der Waals surface area contributed by atoms with Crippen molar-refractivity contribution in [2.24, 2.45) is 0 Å². The summed E-state index contributed by atoms with van der Waals surface area (Å²) in [5.41, 5.74) is 9.16. The van der Waals surface area contributed by atoms with Gasteiger partial charge in [-0.15, -0.1) is 0 Å². The smallest absolute Gasteiger partial charge is 0.141 e. The number of imidazole rings is 1. The Morgan fingerprint density at radius 2 is 1.86 bits per heavy atom. The van der Waals surface area contributed by atoms with Crippen LogP contribution in [0.2, 0.25) is 0 Å². The summed E-state index contributed by atoms with van der Waals surface area (Å²) in [6, 6.07) is 12.5. The minimum absolute atomic E-state index is 0.255. The number of anilines is 1. The number of hydrogen-bond donors (Lipinski definition) is 1. The van der Waals surface area contributed by atoms with Crippen LogP contribution >= 0.6 is 0 Å². The van der Waals surface area contributed by atoms with Crippen LogP contribution in [-0.2, 0) is 6.54 Å². The molecule has 114 valence electrons. The lowest BCUT2D eigenvalue weighted by Crippen LogP contribution is -2.01. The molecule has 0 atom stereocenters. The number of rotatable bonds is 5. The predicted molar refractivity (Wildman–Crippen MR) is 89.1 cm³/mol. The summed E-state index contributed by atoms with van der Waals surface area (Å²) >= 11 is 0. The van der Waals surface area contributed by atoms with E-state index in [4.69, 9.17) is 5.73 Å². The fourth-order valence-electron chi connectivity index (χ4n) is 2.70. The molecule has 0 unspecified atom stereocenters.